The predicted molar refractivity (Wildman–Crippen MR) is 137 cm³/mol. The molecule has 1 atom stereocenters. The molecule has 1 unspecified atom stereocenters. The molecule has 5 rings (SSSR count). The maximum absolute atomic E-state index is 12.5. The van der Waals surface area contributed by atoms with E-state index in [2.05, 4.69) is 31.4 Å². The molecule has 8 heteroatoms. The predicted octanol–water partition coefficient (Wildman–Crippen LogP) is 3.80. The van der Waals surface area contributed by atoms with Crippen LogP contribution in [0.15, 0.2) is 61.1 Å². The molecule has 2 amide bonds. The second kappa shape index (κ2) is 9.90. The number of ether oxygens (including phenoxy) is 1. The first-order valence-corrected chi connectivity index (χ1v) is 12.7. The van der Waals surface area contributed by atoms with Gasteiger partial charge < -0.3 is 0 Å². The topological polar surface area (TPSA) is 81.1 Å². The Kier molecular flexibility index (Phi) is 6.54. The van der Waals surface area contributed by atoms with E-state index in [9.17, 15) is 4.79 Å². The second-order valence-corrected chi connectivity index (χ2v) is 9.70. The van der Waals surface area contributed by atoms with E-state index in [0.717, 1.165) is 32.2 Å². The fourth-order valence-corrected chi connectivity index (χ4v) is 5.43. The van der Waals surface area contributed by atoms with Crippen LogP contribution in [0.25, 0.3) is 22.2 Å². The van der Waals surface area contributed by atoms with Crippen LogP contribution in [0.4, 0.5) is 10.5 Å². The number of carbonyl (C=O) groups is 1. The molecule has 2 aromatic heterocycles. The van der Waals surface area contributed by atoms with Gasteiger partial charge in [0.15, 0.2) is 0 Å². The van der Waals surface area contributed by atoms with Crippen molar-refractivity contribution in [1.82, 2.24) is 19.9 Å². The zero-order valence-electron chi connectivity index (χ0n) is 19.1. The molecule has 4 aromatic rings. The molecule has 0 aliphatic heterocycles. The first-order valence-electron chi connectivity index (χ1n) is 11.5. The second-order valence-electron chi connectivity index (χ2n) is 8.55. The fourth-order valence-electron chi connectivity index (χ4n) is 4.69. The maximum atomic E-state index is 12.5. The normalized spacial score (nSPS) is 13.8. The van der Waals surface area contributed by atoms with Gasteiger partial charge in [-0.2, -0.15) is 0 Å². The molecule has 1 aliphatic carbocycles. The molecule has 0 radical (unpaired) electrons. The number of methoxy groups -OCH3 is 1. The first kappa shape index (κ1) is 22.5. The minimum atomic E-state index is -0.278. The van der Waals surface area contributed by atoms with Gasteiger partial charge in [0.25, 0.3) is 0 Å². The Balaban J connectivity index is 1.42. The zero-order chi connectivity index (χ0) is 23.5. The van der Waals surface area contributed by atoms with E-state index in [-0.39, 0.29) is 6.03 Å². The number of rotatable bonds is 6. The molecule has 174 valence electrons. The SMILES string of the molecule is COc1cc(-c2cn(C3CCCC3)c3ncnc([AsH2])c23)ccc1NC(=O)NCc1ccccc1. The van der Waals surface area contributed by atoms with E-state index >= 15 is 0 Å². The first-order chi connectivity index (χ1) is 16.6. The Morgan fingerprint density at radius 1 is 1.15 bits per heavy atom. The molecule has 2 heterocycles. The average molecular weight is 517 g/mol. The molecular formula is C26H28AsN5O2. The third-order valence-corrected chi connectivity index (χ3v) is 7.33. The summed E-state index contributed by atoms with van der Waals surface area (Å²) in [5.41, 5.74) is 4.77. The van der Waals surface area contributed by atoms with Crippen LogP contribution in [0.5, 0.6) is 5.75 Å². The number of nitrogens with zero attached hydrogens (tertiary/aromatic N) is 3. The molecule has 1 aliphatic rings. The van der Waals surface area contributed by atoms with E-state index in [1.54, 1.807) is 13.4 Å². The van der Waals surface area contributed by atoms with Gasteiger partial charge in [0, 0.05) is 0 Å². The van der Waals surface area contributed by atoms with Crippen LogP contribution >= 0.6 is 0 Å². The van der Waals surface area contributed by atoms with Crippen molar-refractivity contribution < 1.29 is 9.53 Å². The zero-order valence-corrected chi connectivity index (χ0v) is 21.5. The quantitative estimate of drug-likeness (QED) is 0.382. The van der Waals surface area contributed by atoms with Gasteiger partial charge in [-0.15, -0.1) is 0 Å². The smallest absolute Gasteiger partial charge is 0.0622 e. The van der Waals surface area contributed by atoms with Crippen LogP contribution in [0, 0.1) is 0 Å². The number of urea groups is 1. The van der Waals surface area contributed by atoms with Gasteiger partial charge in [-0.1, -0.05) is 30.3 Å². The van der Waals surface area contributed by atoms with Crippen LogP contribution in [-0.2, 0) is 6.54 Å². The van der Waals surface area contributed by atoms with Gasteiger partial charge in [-0.25, -0.2) is 0 Å². The number of hydrogen-bond acceptors (Lipinski definition) is 4. The number of hydrogen-bond donors (Lipinski definition) is 2. The number of amides is 2. The molecule has 7 nitrogen and oxygen atoms in total. The summed E-state index contributed by atoms with van der Waals surface area (Å²) in [4.78, 5) is 21.6. The van der Waals surface area contributed by atoms with E-state index < -0.39 is 0 Å². The summed E-state index contributed by atoms with van der Waals surface area (Å²) in [6.07, 6.45) is 8.76. The van der Waals surface area contributed by atoms with Crippen molar-refractivity contribution in [3.05, 3.63) is 66.6 Å². The van der Waals surface area contributed by atoms with E-state index in [0.29, 0.717) is 24.0 Å². The molecule has 0 spiro atoms. The Morgan fingerprint density at radius 2 is 1.94 bits per heavy atom. The number of anilines is 1. The summed E-state index contributed by atoms with van der Waals surface area (Å²) in [5.74, 6) is 0.606. The van der Waals surface area contributed by atoms with Crippen molar-refractivity contribution >= 4 is 44.1 Å². The molecule has 0 bridgehead atoms. The fraction of sp³-hybridized carbons (Fsp3) is 0.269. The van der Waals surface area contributed by atoms with Gasteiger partial charge in [-0.3, -0.25) is 0 Å². The third-order valence-electron chi connectivity index (χ3n) is 6.41. The summed E-state index contributed by atoms with van der Waals surface area (Å²) in [6, 6.07) is 15.9. The minimum absolute atomic E-state index is 0.278. The van der Waals surface area contributed by atoms with Gasteiger partial charge >= 0.3 is 177 Å². The van der Waals surface area contributed by atoms with Gasteiger partial charge in [-0.05, 0) is 0 Å². The Hall–Kier alpha value is -3.31. The van der Waals surface area contributed by atoms with Crippen molar-refractivity contribution in [3.8, 4) is 16.9 Å². The number of fused-ring (bicyclic) bond motifs is 1. The number of benzene rings is 2. The summed E-state index contributed by atoms with van der Waals surface area (Å²) in [5, 5.41) is 6.89. The molecule has 1 saturated carbocycles. The van der Waals surface area contributed by atoms with Crippen LogP contribution in [0.1, 0.15) is 37.3 Å². The monoisotopic (exact) mass is 517 g/mol. The van der Waals surface area contributed by atoms with Crippen molar-refractivity contribution in [2.75, 3.05) is 12.4 Å². The van der Waals surface area contributed by atoms with Crippen LogP contribution in [-0.4, -0.2) is 44.5 Å². The third kappa shape index (κ3) is 4.53. The standard InChI is InChI=1S/C26H28AsN5O2/c1-34-22-13-18(11-12-21(22)31-26(33)28-14-17-7-3-2-4-8-17)20-15-32(19-9-5-6-10-19)25-23(20)24(27)29-16-30-25/h2-4,7-8,11-13,15-16,19H,5-6,9-10,14,27H2,1H3,(H2,28,31,33). The van der Waals surface area contributed by atoms with Crippen molar-refractivity contribution in [1.29, 1.82) is 0 Å². The van der Waals surface area contributed by atoms with Crippen molar-refractivity contribution in [2.24, 2.45) is 0 Å². The summed E-state index contributed by atoms with van der Waals surface area (Å²) < 4.78 is 8.99. The van der Waals surface area contributed by atoms with E-state index in [4.69, 9.17) is 4.74 Å². The summed E-state index contributed by atoms with van der Waals surface area (Å²) in [7, 11) is 1.62. The minimum Gasteiger partial charge on any atom is -0.0622 e. The Labute approximate surface area is 207 Å². The van der Waals surface area contributed by atoms with Crippen molar-refractivity contribution in [3.63, 3.8) is 0 Å². The Morgan fingerprint density at radius 3 is 2.71 bits per heavy atom. The molecule has 1 fully saturated rings. The number of aromatic nitrogens is 3. The van der Waals surface area contributed by atoms with Crippen LogP contribution in [0.3, 0.4) is 0 Å². The molecular weight excluding hydrogens is 489 g/mol. The molecule has 2 N–H and O–H groups in total. The number of nitrogens with one attached hydrogen (secondary N) is 2. The molecule has 34 heavy (non-hydrogen) atoms. The average Bonchev–Trinajstić information content (AvgIpc) is 3.52. The van der Waals surface area contributed by atoms with Gasteiger partial charge in [0.1, 0.15) is 0 Å². The van der Waals surface area contributed by atoms with Crippen molar-refractivity contribution in [2.45, 2.75) is 38.3 Å². The van der Waals surface area contributed by atoms with Crippen LogP contribution in [0.2, 0.25) is 0 Å². The van der Waals surface area contributed by atoms with Crippen LogP contribution < -0.4 is 19.9 Å². The van der Waals surface area contributed by atoms with E-state index in [1.807, 2.05) is 48.5 Å². The van der Waals surface area contributed by atoms with Gasteiger partial charge in [0.2, 0.25) is 0 Å². The summed E-state index contributed by atoms with van der Waals surface area (Å²) in [6.45, 7) is 0.453. The summed E-state index contributed by atoms with van der Waals surface area (Å²) >= 11 is 1.49. The molecule has 0 saturated heterocycles. The van der Waals surface area contributed by atoms with E-state index in [1.165, 1.54) is 42.5 Å². The number of carbonyl (C=O) groups excluding carboxylic acids is 1. The molecule has 2 aromatic carbocycles. The Bertz CT molecular complexity index is 1320. The van der Waals surface area contributed by atoms with Gasteiger partial charge in [0.05, 0.1) is 0 Å².